The maximum Gasteiger partial charge on any atom is 0.0294 e. The Bertz CT molecular complexity index is 314. The van der Waals surface area contributed by atoms with Gasteiger partial charge in [0.05, 0.1) is 0 Å². The average Bonchev–Trinajstić information content (AvgIpc) is 2.31. The predicted molar refractivity (Wildman–Crippen MR) is 73.1 cm³/mol. The molecule has 1 aromatic rings. The SMILES string of the molecule is Cc1ccc([C@@H](C)NC2CCCSC2)cc1. The standard InChI is InChI=1S/C14H21NS/c1-11-5-7-13(8-6-11)12(2)15-14-4-3-9-16-10-14/h5-8,12,14-15H,3-4,9-10H2,1-2H3/t12-,14?/m1/s1. The Labute approximate surface area is 103 Å². The molecule has 1 nitrogen and oxygen atoms in total. The molecule has 1 aromatic carbocycles. The van der Waals surface area contributed by atoms with Gasteiger partial charge in [0.15, 0.2) is 0 Å². The quantitative estimate of drug-likeness (QED) is 0.860. The third-order valence-corrected chi connectivity index (χ3v) is 4.44. The molecule has 88 valence electrons. The van der Waals surface area contributed by atoms with Gasteiger partial charge in [-0.15, -0.1) is 0 Å². The lowest BCUT2D eigenvalue weighted by atomic mass is 10.0. The van der Waals surface area contributed by atoms with E-state index in [2.05, 4.69) is 55.2 Å². The first-order valence-electron chi connectivity index (χ1n) is 6.16. The van der Waals surface area contributed by atoms with Crippen LogP contribution in [0, 0.1) is 6.92 Å². The Kier molecular flexibility index (Phi) is 4.30. The number of hydrogen-bond acceptors (Lipinski definition) is 2. The summed E-state index contributed by atoms with van der Waals surface area (Å²) >= 11 is 2.08. The molecule has 0 radical (unpaired) electrons. The zero-order chi connectivity index (χ0) is 11.4. The molecule has 16 heavy (non-hydrogen) atoms. The minimum absolute atomic E-state index is 0.476. The van der Waals surface area contributed by atoms with Gasteiger partial charge in [-0.25, -0.2) is 0 Å². The fraction of sp³-hybridized carbons (Fsp3) is 0.571. The van der Waals surface area contributed by atoms with Crippen molar-refractivity contribution >= 4 is 11.8 Å². The average molecular weight is 235 g/mol. The van der Waals surface area contributed by atoms with Crippen molar-refractivity contribution in [3.05, 3.63) is 35.4 Å². The second kappa shape index (κ2) is 5.74. The van der Waals surface area contributed by atoms with Crippen LogP contribution in [0.4, 0.5) is 0 Å². The Morgan fingerprint density at radius 3 is 2.69 bits per heavy atom. The van der Waals surface area contributed by atoms with Crippen LogP contribution in [0.3, 0.4) is 0 Å². The summed E-state index contributed by atoms with van der Waals surface area (Å²) < 4.78 is 0. The zero-order valence-electron chi connectivity index (χ0n) is 10.2. The van der Waals surface area contributed by atoms with E-state index in [1.807, 2.05) is 0 Å². The number of nitrogens with one attached hydrogen (secondary N) is 1. The molecule has 0 aromatic heterocycles. The number of hydrogen-bond donors (Lipinski definition) is 1. The lowest BCUT2D eigenvalue weighted by molar-refractivity contribution is 0.452. The Morgan fingerprint density at radius 2 is 2.06 bits per heavy atom. The first-order chi connectivity index (χ1) is 7.75. The summed E-state index contributed by atoms with van der Waals surface area (Å²) in [5.41, 5.74) is 2.74. The van der Waals surface area contributed by atoms with Crippen molar-refractivity contribution in [2.75, 3.05) is 11.5 Å². The first kappa shape index (κ1) is 12.0. The molecule has 0 bridgehead atoms. The van der Waals surface area contributed by atoms with Crippen LogP contribution in [0.5, 0.6) is 0 Å². The summed E-state index contributed by atoms with van der Waals surface area (Å²) in [6, 6.07) is 10.1. The highest BCUT2D eigenvalue weighted by Crippen LogP contribution is 2.20. The molecule has 1 N–H and O–H groups in total. The molecule has 1 unspecified atom stereocenters. The third kappa shape index (κ3) is 3.26. The summed E-state index contributed by atoms with van der Waals surface area (Å²) in [7, 11) is 0. The lowest BCUT2D eigenvalue weighted by Gasteiger charge is -2.26. The molecule has 2 rings (SSSR count). The van der Waals surface area contributed by atoms with Gasteiger partial charge in [0.2, 0.25) is 0 Å². The maximum atomic E-state index is 3.73. The molecule has 2 atom stereocenters. The van der Waals surface area contributed by atoms with Crippen molar-refractivity contribution in [3.8, 4) is 0 Å². The van der Waals surface area contributed by atoms with Crippen LogP contribution < -0.4 is 5.32 Å². The highest BCUT2D eigenvalue weighted by Gasteiger charge is 2.16. The van der Waals surface area contributed by atoms with E-state index in [9.17, 15) is 0 Å². The van der Waals surface area contributed by atoms with E-state index in [4.69, 9.17) is 0 Å². The molecule has 1 aliphatic rings. The molecule has 1 saturated heterocycles. The van der Waals surface area contributed by atoms with Gasteiger partial charge in [-0.05, 0) is 38.0 Å². The van der Waals surface area contributed by atoms with Gasteiger partial charge in [0.1, 0.15) is 0 Å². The van der Waals surface area contributed by atoms with Crippen molar-refractivity contribution in [3.63, 3.8) is 0 Å². The zero-order valence-corrected chi connectivity index (χ0v) is 11.0. The topological polar surface area (TPSA) is 12.0 Å². The van der Waals surface area contributed by atoms with Crippen LogP contribution in [0.1, 0.15) is 36.9 Å². The number of rotatable bonds is 3. The molecule has 0 amide bonds. The summed E-state index contributed by atoms with van der Waals surface area (Å²) in [5.74, 6) is 2.62. The van der Waals surface area contributed by atoms with E-state index in [0.29, 0.717) is 12.1 Å². The second-order valence-corrected chi connectivity index (χ2v) is 5.86. The molecule has 2 heteroatoms. The Morgan fingerprint density at radius 1 is 1.31 bits per heavy atom. The van der Waals surface area contributed by atoms with Gasteiger partial charge in [0, 0.05) is 17.8 Å². The largest absolute Gasteiger partial charge is 0.307 e. The minimum atomic E-state index is 0.476. The molecule has 1 heterocycles. The van der Waals surface area contributed by atoms with Crippen molar-refractivity contribution < 1.29 is 0 Å². The van der Waals surface area contributed by atoms with Crippen LogP contribution in [-0.4, -0.2) is 17.5 Å². The van der Waals surface area contributed by atoms with Crippen LogP contribution in [-0.2, 0) is 0 Å². The molecule has 0 aliphatic carbocycles. The molecular formula is C14H21NS. The molecule has 1 aliphatic heterocycles. The number of thioether (sulfide) groups is 1. The van der Waals surface area contributed by atoms with Gasteiger partial charge in [-0.1, -0.05) is 29.8 Å². The summed E-state index contributed by atoms with van der Waals surface area (Å²) in [4.78, 5) is 0. The summed E-state index contributed by atoms with van der Waals surface area (Å²) in [6.45, 7) is 4.41. The molecule has 1 fully saturated rings. The third-order valence-electron chi connectivity index (χ3n) is 3.22. The van der Waals surface area contributed by atoms with E-state index in [1.54, 1.807) is 0 Å². The number of aryl methyl sites for hydroxylation is 1. The molecule has 0 spiro atoms. The molecule has 0 saturated carbocycles. The first-order valence-corrected chi connectivity index (χ1v) is 7.31. The van der Waals surface area contributed by atoms with Gasteiger partial charge in [-0.2, -0.15) is 11.8 Å². The van der Waals surface area contributed by atoms with Gasteiger partial charge in [0.25, 0.3) is 0 Å². The second-order valence-electron chi connectivity index (χ2n) is 4.71. The van der Waals surface area contributed by atoms with Gasteiger partial charge in [-0.3, -0.25) is 0 Å². The highest BCUT2D eigenvalue weighted by atomic mass is 32.2. The van der Waals surface area contributed by atoms with Gasteiger partial charge >= 0.3 is 0 Å². The Hall–Kier alpha value is -0.470. The van der Waals surface area contributed by atoms with Crippen LogP contribution >= 0.6 is 11.8 Å². The van der Waals surface area contributed by atoms with E-state index >= 15 is 0 Å². The van der Waals surface area contributed by atoms with E-state index in [-0.39, 0.29) is 0 Å². The molecular weight excluding hydrogens is 214 g/mol. The van der Waals surface area contributed by atoms with Crippen LogP contribution in [0.2, 0.25) is 0 Å². The van der Waals surface area contributed by atoms with E-state index < -0.39 is 0 Å². The van der Waals surface area contributed by atoms with Crippen molar-refractivity contribution in [2.45, 2.75) is 38.8 Å². The van der Waals surface area contributed by atoms with Gasteiger partial charge < -0.3 is 5.32 Å². The van der Waals surface area contributed by atoms with Crippen molar-refractivity contribution in [1.82, 2.24) is 5.32 Å². The van der Waals surface area contributed by atoms with E-state index in [0.717, 1.165) is 0 Å². The van der Waals surface area contributed by atoms with E-state index in [1.165, 1.54) is 35.5 Å². The Balaban J connectivity index is 1.91. The predicted octanol–water partition coefficient (Wildman–Crippen LogP) is 3.54. The van der Waals surface area contributed by atoms with Crippen LogP contribution in [0.15, 0.2) is 24.3 Å². The lowest BCUT2D eigenvalue weighted by Crippen LogP contribution is -2.35. The normalized spacial score (nSPS) is 23.0. The fourth-order valence-electron chi connectivity index (χ4n) is 2.18. The monoisotopic (exact) mass is 235 g/mol. The van der Waals surface area contributed by atoms with Crippen LogP contribution in [0.25, 0.3) is 0 Å². The van der Waals surface area contributed by atoms with Crippen molar-refractivity contribution in [1.29, 1.82) is 0 Å². The van der Waals surface area contributed by atoms with Crippen molar-refractivity contribution in [2.24, 2.45) is 0 Å². The highest BCUT2D eigenvalue weighted by molar-refractivity contribution is 7.99. The minimum Gasteiger partial charge on any atom is -0.307 e. The fourth-order valence-corrected chi connectivity index (χ4v) is 3.26. The maximum absolute atomic E-state index is 3.73. The smallest absolute Gasteiger partial charge is 0.0294 e. The summed E-state index contributed by atoms with van der Waals surface area (Å²) in [5, 5.41) is 3.73. The number of benzene rings is 1. The summed E-state index contributed by atoms with van der Waals surface area (Å²) in [6.07, 6.45) is 2.70.